The van der Waals surface area contributed by atoms with Crippen LogP contribution in [0.1, 0.15) is 12.8 Å². The molecule has 22 heavy (non-hydrogen) atoms. The van der Waals surface area contributed by atoms with E-state index >= 15 is 0 Å². The average Bonchev–Trinajstić information content (AvgIpc) is 2.91. The third kappa shape index (κ3) is 3.08. The van der Waals surface area contributed by atoms with Gasteiger partial charge in [0.1, 0.15) is 5.52 Å². The van der Waals surface area contributed by atoms with Crippen molar-refractivity contribution in [1.82, 2.24) is 9.29 Å². The molecule has 1 aliphatic rings. The van der Waals surface area contributed by atoms with Crippen LogP contribution in [0, 0.1) is 0 Å². The Kier molecular flexibility index (Phi) is 4.33. The lowest BCUT2D eigenvalue weighted by atomic mass is 10.1. The lowest BCUT2D eigenvalue weighted by Crippen LogP contribution is -2.48. The Bertz CT molecular complexity index is 790. The summed E-state index contributed by atoms with van der Waals surface area (Å²) in [6, 6.07) is 5.76. The summed E-state index contributed by atoms with van der Waals surface area (Å²) >= 11 is 7.79. The fourth-order valence-electron chi connectivity index (χ4n) is 2.73. The van der Waals surface area contributed by atoms with Crippen LogP contribution in [-0.2, 0) is 10.0 Å². The lowest BCUT2D eigenvalue weighted by Gasteiger charge is -2.36. The Labute approximate surface area is 139 Å². The predicted molar refractivity (Wildman–Crippen MR) is 92.5 cm³/mol. The standard InChI is InChI=1S/C14H18ClN3O2S2/c1-17(22(2,19)20)10-5-4-8-18(9-10)14-16-13-11(15)6-3-7-12(13)21-14/h3,6-7,10H,4-5,8-9H2,1-2H3. The minimum absolute atomic E-state index is 0.00812. The molecule has 1 aromatic heterocycles. The summed E-state index contributed by atoms with van der Waals surface area (Å²) in [6.45, 7) is 1.56. The third-order valence-electron chi connectivity index (χ3n) is 4.06. The number of sulfonamides is 1. The van der Waals surface area contributed by atoms with Crippen LogP contribution >= 0.6 is 22.9 Å². The number of fused-ring (bicyclic) bond motifs is 1. The third-order valence-corrected chi connectivity index (χ3v) is 6.79. The maximum Gasteiger partial charge on any atom is 0.211 e. The van der Waals surface area contributed by atoms with Gasteiger partial charge in [-0.25, -0.2) is 17.7 Å². The predicted octanol–water partition coefficient (Wildman–Crippen LogP) is 2.81. The molecular weight excluding hydrogens is 342 g/mol. The highest BCUT2D eigenvalue weighted by Crippen LogP contribution is 2.34. The molecule has 1 fully saturated rings. The summed E-state index contributed by atoms with van der Waals surface area (Å²) < 4.78 is 26.0. The maximum absolute atomic E-state index is 11.7. The first-order chi connectivity index (χ1) is 10.4. The molecule has 1 atom stereocenters. The second-order valence-corrected chi connectivity index (χ2v) is 9.06. The Morgan fingerprint density at radius 1 is 1.45 bits per heavy atom. The molecule has 1 aliphatic heterocycles. The van der Waals surface area contributed by atoms with Gasteiger partial charge in [0.05, 0.1) is 16.0 Å². The zero-order chi connectivity index (χ0) is 15.9. The van der Waals surface area contributed by atoms with Gasteiger partial charge in [-0.1, -0.05) is 29.0 Å². The Hall–Kier alpha value is -0.890. The second kappa shape index (κ2) is 5.96. The Morgan fingerprint density at radius 3 is 2.91 bits per heavy atom. The molecule has 2 aromatic rings. The van der Waals surface area contributed by atoms with Gasteiger partial charge in [0, 0.05) is 26.2 Å². The molecule has 1 saturated heterocycles. The fourth-order valence-corrected chi connectivity index (χ4v) is 4.75. The molecule has 2 heterocycles. The van der Waals surface area contributed by atoms with Crippen molar-refractivity contribution < 1.29 is 8.42 Å². The van der Waals surface area contributed by atoms with Crippen molar-refractivity contribution in [3.63, 3.8) is 0 Å². The van der Waals surface area contributed by atoms with E-state index in [4.69, 9.17) is 11.6 Å². The first-order valence-electron chi connectivity index (χ1n) is 7.09. The minimum Gasteiger partial charge on any atom is -0.346 e. The first-order valence-corrected chi connectivity index (χ1v) is 10.1. The van der Waals surface area contributed by atoms with E-state index in [9.17, 15) is 8.42 Å². The molecule has 8 heteroatoms. The van der Waals surface area contributed by atoms with Crippen LogP contribution in [0.25, 0.3) is 10.2 Å². The number of piperidine rings is 1. The van der Waals surface area contributed by atoms with Gasteiger partial charge < -0.3 is 4.90 Å². The number of rotatable bonds is 3. The van der Waals surface area contributed by atoms with Crippen molar-refractivity contribution in [3.8, 4) is 0 Å². The summed E-state index contributed by atoms with van der Waals surface area (Å²) in [5, 5.41) is 1.57. The molecular formula is C14H18ClN3O2S2. The molecule has 0 bridgehead atoms. The number of anilines is 1. The van der Waals surface area contributed by atoms with Crippen molar-refractivity contribution in [2.45, 2.75) is 18.9 Å². The van der Waals surface area contributed by atoms with Crippen molar-refractivity contribution >= 4 is 48.3 Å². The fraction of sp³-hybridized carbons (Fsp3) is 0.500. The van der Waals surface area contributed by atoms with Crippen molar-refractivity contribution in [2.24, 2.45) is 0 Å². The van der Waals surface area contributed by atoms with Crippen LogP contribution in [-0.4, -0.2) is 50.1 Å². The molecule has 0 aliphatic carbocycles. The van der Waals surface area contributed by atoms with E-state index in [0.717, 1.165) is 34.7 Å². The number of nitrogens with zero attached hydrogens (tertiary/aromatic N) is 3. The van der Waals surface area contributed by atoms with Gasteiger partial charge in [0.2, 0.25) is 10.0 Å². The van der Waals surface area contributed by atoms with E-state index in [1.165, 1.54) is 10.6 Å². The van der Waals surface area contributed by atoms with E-state index in [0.29, 0.717) is 11.6 Å². The minimum atomic E-state index is -3.17. The second-order valence-electron chi connectivity index (χ2n) is 5.60. The molecule has 0 amide bonds. The highest BCUT2D eigenvalue weighted by Gasteiger charge is 2.29. The van der Waals surface area contributed by atoms with Crippen LogP contribution < -0.4 is 4.90 Å². The monoisotopic (exact) mass is 359 g/mol. The van der Waals surface area contributed by atoms with Gasteiger partial charge in [-0.2, -0.15) is 0 Å². The zero-order valence-corrected chi connectivity index (χ0v) is 14.9. The molecule has 1 aromatic carbocycles. The molecule has 3 rings (SSSR count). The van der Waals surface area contributed by atoms with Crippen LogP contribution in [0.4, 0.5) is 5.13 Å². The number of halogens is 1. The summed E-state index contributed by atoms with van der Waals surface area (Å²) in [5.41, 5.74) is 0.822. The van der Waals surface area contributed by atoms with E-state index < -0.39 is 10.0 Å². The molecule has 0 radical (unpaired) electrons. The highest BCUT2D eigenvalue weighted by atomic mass is 35.5. The van der Waals surface area contributed by atoms with Gasteiger partial charge in [-0.15, -0.1) is 0 Å². The quantitative estimate of drug-likeness (QED) is 0.845. The van der Waals surface area contributed by atoms with E-state index in [-0.39, 0.29) is 6.04 Å². The van der Waals surface area contributed by atoms with Gasteiger partial charge in [0.15, 0.2) is 5.13 Å². The molecule has 0 N–H and O–H groups in total. The van der Waals surface area contributed by atoms with E-state index in [1.54, 1.807) is 18.4 Å². The molecule has 1 unspecified atom stereocenters. The zero-order valence-electron chi connectivity index (χ0n) is 12.5. The lowest BCUT2D eigenvalue weighted by molar-refractivity contribution is 0.322. The van der Waals surface area contributed by atoms with Crippen molar-refractivity contribution in [2.75, 3.05) is 31.3 Å². The summed E-state index contributed by atoms with van der Waals surface area (Å²) in [5.74, 6) is 0. The highest BCUT2D eigenvalue weighted by molar-refractivity contribution is 7.88. The smallest absolute Gasteiger partial charge is 0.211 e. The molecule has 0 saturated carbocycles. The van der Waals surface area contributed by atoms with Crippen LogP contribution in [0.2, 0.25) is 5.02 Å². The summed E-state index contributed by atoms with van der Waals surface area (Å²) in [7, 11) is -1.52. The number of likely N-dealkylation sites (N-methyl/N-ethyl adjacent to an activating group) is 1. The topological polar surface area (TPSA) is 53.5 Å². The molecule has 120 valence electrons. The first kappa shape index (κ1) is 16.0. The van der Waals surface area contributed by atoms with E-state index in [2.05, 4.69) is 9.88 Å². The number of hydrogen-bond donors (Lipinski definition) is 0. The van der Waals surface area contributed by atoms with E-state index in [1.807, 2.05) is 18.2 Å². The Morgan fingerprint density at radius 2 is 2.23 bits per heavy atom. The summed E-state index contributed by atoms with van der Waals surface area (Å²) in [4.78, 5) is 6.80. The number of aromatic nitrogens is 1. The van der Waals surface area contributed by atoms with Crippen LogP contribution in [0.15, 0.2) is 18.2 Å². The number of hydrogen-bond acceptors (Lipinski definition) is 5. The number of thiazole rings is 1. The Balaban J connectivity index is 1.86. The number of benzene rings is 1. The van der Waals surface area contributed by atoms with Crippen LogP contribution in [0.3, 0.4) is 0 Å². The van der Waals surface area contributed by atoms with Gasteiger partial charge in [0.25, 0.3) is 0 Å². The number of para-hydroxylation sites is 1. The van der Waals surface area contributed by atoms with Crippen molar-refractivity contribution in [1.29, 1.82) is 0 Å². The average molecular weight is 360 g/mol. The van der Waals surface area contributed by atoms with Crippen LogP contribution in [0.5, 0.6) is 0 Å². The summed E-state index contributed by atoms with van der Waals surface area (Å²) in [6.07, 6.45) is 3.09. The van der Waals surface area contributed by atoms with Crippen molar-refractivity contribution in [3.05, 3.63) is 23.2 Å². The SMILES string of the molecule is CN(C1CCCN(c2nc3c(Cl)cccc3s2)C1)S(C)(=O)=O. The van der Waals surface area contributed by atoms with Gasteiger partial charge in [-0.05, 0) is 25.0 Å². The molecule has 5 nitrogen and oxygen atoms in total. The molecule has 0 spiro atoms. The maximum atomic E-state index is 11.7. The van der Waals surface area contributed by atoms with Gasteiger partial charge in [-0.3, -0.25) is 0 Å². The van der Waals surface area contributed by atoms with Gasteiger partial charge >= 0.3 is 0 Å². The normalized spacial score (nSPS) is 20.0. The largest absolute Gasteiger partial charge is 0.346 e.